The number of carbonyl (C=O) groups is 1. The van der Waals surface area contributed by atoms with Gasteiger partial charge >= 0.3 is 5.97 Å². The molecule has 3 heteroatoms. The molecule has 3 unspecified atom stereocenters. The molecule has 0 aromatic carbocycles. The lowest BCUT2D eigenvalue weighted by atomic mass is 10.1. The van der Waals surface area contributed by atoms with Gasteiger partial charge in [-0.05, 0) is 38.8 Å². The Kier molecular flexibility index (Phi) is 1.83. The molecule has 0 aromatic rings. The Morgan fingerprint density at radius 3 is 2.75 bits per heavy atom. The molecule has 1 aliphatic carbocycles. The first-order chi connectivity index (χ1) is 5.70. The molecule has 68 valence electrons. The van der Waals surface area contributed by atoms with Gasteiger partial charge in [-0.3, -0.25) is 4.79 Å². The van der Waals surface area contributed by atoms with Crippen molar-refractivity contribution in [3.63, 3.8) is 0 Å². The Bertz CT molecular complexity index is 205. The standard InChI is InChI=1S/C9H15NO2/c1-10-4-2-3-8(10)6-5-7(6)9(11)12/h6-8H,2-5H2,1H3,(H,11,12). The van der Waals surface area contributed by atoms with Crippen molar-refractivity contribution in [2.75, 3.05) is 13.6 Å². The van der Waals surface area contributed by atoms with Crippen LogP contribution in [0.25, 0.3) is 0 Å². The molecule has 0 amide bonds. The van der Waals surface area contributed by atoms with Gasteiger partial charge < -0.3 is 10.0 Å². The highest BCUT2D eigenvalue weighted by molar-refractivity contribution is 5.73. The Morgan fingerprint density at radius 1 is 1.58 bits per heavy atom. The predicted octanol–water partition coefficient (Wildman–Crippen LogP) is 0.801. The fourth-order valence-corrected chi connectivity index (χ4v) is 2.40. The van der Waals surface area contributed by atoms with Crippen LogP contribution in [0, 0.1) is 11.8 Å². The van der Waals surface area contributed by atoms with Crippen molar-refractivity contribution in [1.29, 1.82) is 0 Å². The lowest BCUT2D eigenvalue weighted by Crippen LogP contribution is -2.28. The van der Waals surface area contributed by atoms with Crippen molar-refractivity contribution in [2.24, 2.45) is 11.8 Å². The first-order valence-electron chi connectivity index (χ1n) is 4.63. The monoisotopic (exact) mass is 169 g/mol. The molecule has 1 N–H and O–H groups in total. The molecule has 1 saturated heterocycles. The van der Waals surface area contributed by atoms with Gasteiger partial charge in [0.05, 0.1) is 5.92 Å². The van der Waals surface area contributed by atoms with Gasteiger partial charge in [-0.25, -0.2) is 0 Å². The number of aliphatic carboxylic acids is 1. The summed E-state index contributed by atoms with van der Waals surface area (Å²) in [6.07, 6.45) is 3.35. The molecule has 12 heavy (non-hydrogen) atoms. The maximum atomic E-state index is 10.6. The van der Waals surface area contributed by atoms with Crippen molar-refractivity contribution in [2.45, 2.75) is 25.3 Å². The summed E-state index contributed by atoms with van der Waals surface area (Å²) < 4.78 is 0. The van der Waals surface area contributed by atoms with Crippen LogP contribution in [0.3, 0.4) is 0 Å². The van der Waals surface area contributed by atoms with Crippen LogP contribution in [0.15, 0.2) is 0 Å². The van der Waals surface area contributed by atoms with Gasteiger partial charge in [0, 0.05) is 6.04 Å². The van der Waals surface area contributed by atoms with E-state index in [2.05, 4.69) is 11.9 Å². The number of hydrogen-bond donors (Lipinski definition) is 1. The molecule has 1 saturated carbocycles. The first kappa shape index (κ1) is 8.05. The molecule has 1 heterocycles. The number of rotatable bonds is 2. The van der Waals surface area contributed by atoms with E-state index in [1.807, 2.05) is 0 Å². The summed E-state index contributed by atoms with van der Waals surface area (Å²) in [5.41, 5.74) is 0. The van der Waals surface area contributed by atoms with Crippen molar-refractivity contribution in [1.82, 2.24) is 4.90 Å². The van der Waals surface area contributed by atoms with E-state index >= 15 is 0 Å². The van der Waals surface area contributed by atoms with E-state index in [0.29, 0.717) is 12.0 Å². The zero-order chi connectivity index (χ0) is 8.72. The summed E-state index contributed by atoms with van der Waals surface area (Å²) in [7, 11) is 2.11. The second-order valence-corrected chi connectivity index (χ2v) is 4.03. The summed E-state index contributed by atoms with van der Waals surface area (Å²) in [5.74, 6) is -0.175. The molecule has 2 fully saturated rings. The average molecular weight is 169 g/mol. The van der Waals surface area contributed by atoms with Gasteiger partial charge in [-0.2, -0.15) is 0 Å². The lowest BCUT2D eigenvalue weighted by molar-refractivity contribution is -0.139. The highest BCUT2D eigenvalue weighted by atomic mass is 16.4. The molecule has 0 spiro atoms. The fraction of sp³-hybridized carbons (Fsp3) is 0.889. The molecule has 2 aliphatic rings. The van der Waals surface area contributed by atoms with E-state index in [0.717, 1.165) is 13.0 Å². The maximum Gasteiger partial charge on any atom is 0.306 e. The normalized spacial score (nSPS) is 41.6. The Labute approximate surface area is 72.4 Å². The Hall–Kier alpha value is -0.570. The minimum Gasteiger partial charge on any atom is -0.481 e. The quantitative estimate of drug-likeness (QED) is 0.664. The topological polar surface area (TPSA) is 40.5 Å². The van der Waals surface area contributed by atoms with Crippen molar-refractivity contribution >= 4 is 5.97 Å². The molecule has 0 bridgehead atoms. The number of nitrogens with zero attached hydrogens (tertiary/aromatic N) is 1. The molecular formula is C9H15NO2. The molecule has 0 radical (unpaired) electrons. The highest BCUT2D eigenvalue weighted by Gasteiger charge is 2.49. The van der Waals surface area contributed by atoms with E-state index in [4.69, 9.17) is 5.11 Å². The van der Waals surface area contributed by atoms with Crippen molar-refractivity contribution < 1.29 is 9.90 Å². The van der Waals surface area contributed by atoms with Crippen LogP contribution >= 0.6 is 0 Å². The van der Waals surface area contributed by atoms with E-state index in [-0.39, 0.29) is 5.92 Å². The number of hydrogen-bond acceptors (Lipinski definition) is 2. The van der Waals surface area contributed by atoms with Crippen LogP contribution in [0.1, 0.15) is 19.3 Å². The number of carboxylic acid groups (broad SMARTS) is 1. The van der Waals surface area contributed by atoms with Gasteiger partial charge in [0.2, 0.25) is 0 Å². The molecule has 0 aromatic heterocycles. The minimum atomic E-state index is -0.597. The number of carboxylic acids is 1. The second kappa shape index (κ2) is 2.73. The van der Waals surface area contributed by atoms with E-state index in [9.17, 15) is 4.79 Å². The van der Waals surface area contributed by atoms with Gasteiger partial charge in [0.15, 0.2) is 0 Å². The number of likely N-dealkylation sites (tertiary alicyclic amines) is 1. The van der Waals surface area contributed by atoms with Gasteiger partial charge in [-0.1, -0.05) is 0 Å². The lowest BCUT2D eigenvalue weighted by Gasteiger charge is -2.18. The van der Waals surface area contributed by atoms with Gasteiger partial charge in [0.25, 0.3) is 0 Å². The third-order valence-corrected chi connectivity index (χ3v) is 3.23. The molecule has 1 aliphatic heterocycles. The van der Waals surface area contributed by atoms with Gasteiger partial charge in [-0.15, -0.1) is 0 Å². The van der Waals surface area contributed by atoms with E-state index < -0.39 is 5.97 Å². The second-order valence-electron chi connectivity index (χ2n) is 4.03. The third-order valence-electron chi connectivity index (χ3n) is 3.23. The predicted molar refractivity (Wildman–Crippen MR) is 44.9 cm³/mol. The van der Waals surface area contributed by atoms with Crippen LogP contribution in [0.5, 0.6) is 0 Å². The smallest absolute Gasteiger partial charge is 0.306 e. The molecule has 3 nitrogen and oxygen atoms in total. The molecule has 3 atom stereocenters. The van der Waals surface area contributed by atoms with Crippen LogP contribution in [-0.2, 0) is 4.79 Å². The van der Waals surface area contributed by atoms with Crippen molar-refractivity contribution in [3.8, 4) is 0 Å². The Balaban J connectivity index is 1.91. The van der Waals surface area contributed by atoms with Crippen molar-refractivity contribution in [3.05, 3.63) is 0 Å². The largest absolute Gasteiger partial charge is 0.481 e. The SMILES string of the molecule is CN1CCCC1C1CC1C(=O)O. The summed E-state index contributed by atoms with van der Waals surface area (Å²) in [4.78, 5) is 12.9. The van der Waals surface area contributed by atoms with Crippen LogP contribution < -0.4 is 0 Å². The molecular weight excluding hydrogens is 154 g/mol. The van der Waals surface area contributed by atoms with Gasteiger partial charge in [0.1, 0.15) is 0 Å². The van der Waals surface area contributed by atoms with Crippen LogP contribution in [0.2, 0.25) is 0 Å². The summed E-state index contributed by atoms with van der Waals surface area (Å²) >= 11 is 0. The maximum absolute atomic E-state index is 10.6. The van der Waals surface area contributed by atoms with E-state index in [1.165, 1.54) is 12.8 Å². The first-order valence-corrected chi connectivity index (χ1v) is 4.63. The zero-order valence-electron chi connectivity index (χ0n) is 7.36. The zero-order valence-corrected chi connectivity index (χ0v) is 7.36. The fourth-order valence-electron chi connectivity index (χ4n) is 2.40. The van der Waals surface area contributed by atoms with E-state index in [1.54, 1.807) is 0 Å². The molecule has 2 rings (SSSR count). The summed E-state index contributed by atoms with van der Waals surface area (Å²) in [5, 5.41) is 8.75. The highest BCUT2D eigenvalue weighted by Crippen LogP contribution is 2.45. The Morgan fingerprint density at radius 2 is 2.33 bits per heavy atom. The average Bonchev–Trinajstić information content (AvgIpc) is 2.70. The van der Waals surface area contributed by atoms with Crippen LogP contribution in [0.4, 0.5) is 0 Å². The third kappa shape index (κ3) is 1.22. The summed E-state index contributed by atoms with van der Waals surface area (Å²) in [6.45, 7) is 1.15. The van der Waals surface area contributed by atoms with Crippen LogP contribution in [-0.4, -0.2) is 35.6 Å². The minimum absolute atomic E-state index is 0.0319. The summed E-state index contributed by atoms with van der Waals surface area (Å²) in [6, 6.07) is 0.561.